The lowest BCUT2D eigenvalue weighted by Gasteiger charge is -2.11. The summed E-state index contributed by atoms with van der Waals surface area (Å²) >= 11 is 0. The molecule has 1 aromatic carbocycles. The number of hydrogen-bond donors (Lipinski definition) is 2. The minimum absolute atomic E-state index is 0.328. The van der Waals surface area contributed by atoms with Gasteiger partial charge in [-0.15, -0.1) is 0 Å². The van der Waals surface area contributed by atoms with E-state index in [9.17, 15) is 4.79 Å². The van der Waals surface area contributed by atoms with Gasteiger partial charge in [-0.05, 0) is 31.2 Å². The summed E-state index contributed by atoms with van der Waals surface area (Å²) in [6.07, 6.45) is 2.39. The number of carbonyl (C=O) groups is 1. The Morgan fingerprint density at radius 1 is 1.35 bits per heavy atom. The second kappa shape index (κ2) is 6.65. The second-order valence-corrected chi connectivity index (χ2v) is 4.24. The lowest BCUT2D eigenvalue weighted by molar-refractivity contribution is 0.0527. The van der Waals surface area contributed by atoms with Crippen molar-refractivity contribution < 1.29 is 13.9 Å². The first-order valence-electron chi connectivity index (χ1n) is 6.54. The molecule has 0 aliphatic rings. The molecule has 0 aliphatic heterocycles. The van der Waals surface area contributed by atoms with E-state index in [0.29, 0.717) is 24.4 Å². The maximum Gasteiger partial charge on any atom is 0.340 e. The lowest BCUT2D eigenvalue weighted by atomic mass is 10.1. The van der Waals surface area contributed by atoms with Crippen LogP contribution >= 0.6 is 0 Å². The molecule has 5 nitrogen and oxygen atoms in total. The standard InChI is InChI=1S/C15H18N2O3/c1-2-19-15(18)12-6-3-7-13(14(12)16)17-9-8-11-5-4-10-20-11/h3-7,10,17H,2,8-9,16H2,1H3. The van der Waals surface area contributed by atoms with Crippen molar-refractivity contribution in [2.45, 2.75) is 13.3 Å². The number of rotatable bonds is 6. The summed E-state index contributed by atoms with van der Waals surface area (Å²) < 4.78 is 10.2. The normalized spacial score (nSPS) is 10.2. The summed E-state index contributed by atoms with van der Waals surface area (Å²) in [5.41, 5.74) is 7.50. The molecule has 1 heterocycles. The zero-order valence-corrected chi connectivity index (χ0v) is 11.4. The van der Waals surface area contributed by atoms with Crippen LogP contribution in [0.25, 0.3) is 0 Å². The zero-order chi connectivity index (χ0) is 14.4. The fraction of sp³-hybridized carbons (Fsp3) is 0.267. The van der Waals surface area contributed by atoms with E-state index in [1.807, 2.05) is 18.2 Å². The van der Waals surface area contributed by atoms with Gasteiger partial charge >= 0.3 is 5.97 Å². The van der Waals surface area contributed by atoms with E-state index in [2.05, 4.69) is 5.32 Å². The maximum absolute atomic E-state index is 11.7. The molecular formula is C15H18N2O3. The zero-order valence-electron chi connectivity index (χ0n) is 11.4. The Labute approximate surface area is 117 Å². The third-order valence-corrected chi connectivity index (χ3v) is 2.87. The van der Waals surface area contributed by atoms with Gasteiger partial charge in [-0.3, -0.25) is 0 Å². The van der Waals surface area contributed by atoms with Gasteiger partial charge in [-0.1, -0.05) is 6.07 Å². The Hall–Kier alpha value is -2.43. The molecule has 0 amide bonds. The van der Waals surface area contributed by atoms with Crippen molar-refractivity contribution in [3.8, 4) is 0 Å². The van der Waals surface area contributed by atoms with E-state index >= 15 is 0 Å². The van der Waals surface area contributed by atoms with Crippen molar-refractivity contribution in [2.24, 2.45) is 0 Å². The molecule has 2 rings (SSSR count). The Morgan fingerprint density at radius 3 is 2.90 bits per heavy atom. The highest BCUT2D eigenvalue weighted by molar-refractivity contribution is 5.98. The molecule has 106 valence electrons. The van der Waals surface area contributed by atoms with Crippen LogP contribution in [0.2, 0.25) is 0 Å². The van der Waals surface area contributed by atoms with Crippen LogP contribution in [-0.2, 0) is 11.2 Å². The van der Waals surface area contributed by atoms with Gasteiger partial charge in [0.05, 0.1) is 29.8 Å². The van der Waals surface area contributed by atoms with Gasteiger partial charge in [0.25, 0.3) is 0 Å². The van der Waals surface area contributed by atoms with Gasteiger partial charge in [-0.2, -0.15) is 0 Å². The quantitative estimate of drug-likeness (QED) is 0.625. The number of para-hydroxylation sites is 1. The first-order valence-corrected chi connectivity index (χ1v) is 6.54. The topological polar surface area (TPSA) is 77.5 Å². The molecule has 20 heavy (non-hydrogen) atoms. The molecule has 0 fully saturated rings. The van der Waals surface area contributed by atoms with Crippen LogP contribution in [0.15, 0.2) is 41.0 Å². The number of furan rings is 1. The summed E-state index contributed by atoms with van der Waals surface area (Å²) in [4.78, 5) is 11.7. The minimum Gasteiger partial charge on any atom is -0.469 e. The predicted molar refractivity (Wildman–Crippen MR) is 77.7 cm³/mol. The highest BCUT2D eigenvalue weighted by Crippen LogP contribution is 2.23. The van der Waals surface area contributed by atoms with Crippen molar-refractivity contribution in [1.29, 1.82) is 0 Å². The number of esters is 1. The van der Waals surface area contributed by atoms with Crippen molar-refractivity contribution in [2.75, 3.05) is 24.2 Å². The van der Waals surface area contributed by atoms with Crippen LogP contribution in [0, 0.1) is 0 Å². The summed E-state index contributed by atoms with van der Waals surface area (Å²) in [6, 6.07) is 9.04. The monoisotopic (exact) mass is 274 g/mol. The molecule has 0 atom stereocenters. The highest BCUT2D eigenvalue weighted by Gasteiger charge is 2.13. The largest absolute Gasteiger partial charge is 0.469 e. The predicted octanol–water partition coefficient (Wildman–Crippen LogP) is 2.69. The van der Waals surface area contributed by atoms with Gasteiger partial charge in [0, 0.05) is 13.0 Å². The van der Waals surface area contributed by atoms with E-state index in [-0.39, 0.29) is 0 Å². The molecule has 0 spiro atoms. The Balaban J connectivity index is 2.01. The van der Waals surface area contributed by atoms with E-state index in [0.717, 1.165) is 17.9 Å². The number of carbonyl (C=O) groups excluding carboxylic acids is 1. The Kier molecular flexibility index (Phi) is 4.65. The molecule has 1 aromatic heterocycles. The number of nitrogens with two attached hydrogens (primary N) is 1. The third kappa shape index (κ3) is 3.32. The Bertz CT molecular complexity index is 565. The summed E-state index contributed by atoms with van der Waals surface area (Å²) in [6.45, 7) is 2.76. The number of nitrogen functional groups attached to an aromatic ring is 1. The number of anilines is 2. The lowest BCUT2D eigenvalue weighted by Crippen LogP contribution is -2.12. The van der Waals surface area contributed by atoms with Crippen LogP contribution in [0.4, 0.5) is 11.4 Å². The van der Waals surface area contributed by atoms with Crippen molar-refractivity contribution >= 4 is 17.3 Å². The number of ether oxygens (including phenoxy) is 1. The maximum atomic E-state index is 11.7. The van der Waals surface area contributed by atoms with Gasteiger partial charge in [0.1, 0.15) is 5.76 Å². The van der Waals surface area contributed by atoms with Crippen LogP contribution in [-0.4, -0.2) is 19.1 Å². The van der Waals surface area contributed by atoms with Gasteiger partial charge < -0.3 is 20.2 Å². The van der Waals surface area contributed by atoms with Crippen LogP contribution < -0.4 is 11.1 Å². The molecule has 0 saturated heterocycles. The molecule has 5 heteroatoms. The molecule has 0 saturated carbocycles. The van der Waals surface area contributed by atoms with E-state index < -0.39 is 5.97 Å². The van der Waals surface area contributed by atoms with Gasteiger partial charge in [0.2, 0.25) is 0 Å². The van der Waals surface area contributed by atoms with Gasteiger partial charge in [-0.25, -0.2) is 4.79 Å². The van der Waals surface area contributed by atoms with Crippen LogP contribution in [0.5, 0.6) is 0 Å². The fourth-order valence-electron chi connectivity index (χ4n) is 1.88. The first kappa shape index (κ1) is 14.0. The van der Waals surface area contributed by atoms with Crippen molar-refractivity contribution in [3.63, 3.8) is 0 Å². The first-order chi connectivity index (χ1) is 9.72. The SMILES string of the molecule is CCOC(=O)c1cccc(NCCc2ccco2)c1N. The fourth-order valence-corrected chi connectivity index (χ4v) is 1.88. The molecule has 0 unspecified atom stereocenters. The second-order valence-electron chi connectivity index (χ2n) is 4.24. The average Bonchev–Trinajstić information content (AvgIpc) is 2.94. The van der Waals surface area contributed by atoms with E-state index in [4.69, 9.17) is 14.9 Å². The number of nitrogens with one attached hydrogen (secondary N) is 1. The van der Waals surface area contributed by atoms with Crippen molar-refractivity contribution in [1.82, 2.24) is 0 Å². The average molecular weight is 274 g/mol. The summed E-state index contributed by atoms with van der Waals surface area (Å²) in [5, 5.41) is 3.20. The third-order valence-electron chi connectivity index (χ3n) is 2.87. The van der Waals surface area contributed by atoms with E-state index in [1.165, 1.54) is 0 Å². The van der Waals surface area contributed by atoms with Gasteiger partial charge in [0.15, 0.2) is 0 Å². The smallest absolute Gasteiger partial charge is 0.340 e. The minimum atomic E-state index is -0.403. The van der Waals surface area contributed by atoms with Crippen molar-refractivity contribution in [3.05, 3.63) is 47.9 Å². The highest BCUT2D eigenvalue weighted by atomic mass is 16.5. The molecule has 0 radical (unpaired) electrons. The molecule has 2 aromatic rings. The molecular weight excluding hydrogens is 256 g/mol. The van der Waals surface area contributed by atoms with Crippen LogP contribution in [0.3, 0.4) is 0 Å². The molecule has 0 bridgehead atoms. The van der Waals surface area contributed by atoms with E-state index in [1.54, 1.807) is 25.3 Å². The molecule has 0 aliphatic carbocycles. The number of benzene rings is 1. The molecule has 3 N–H and O–H groups in total. The van der Waals surface area contributed by atoms with Crippen LogP contribution in [0.1, 0.15) is 23.0 Å². The summed E-state index contributed by atoms with van der Waals surface area (Å²) in [5.74, 6) is 0.498. The summed E-state index contributed by atoms with van der Waals surface area (Å²) in [7, 11) is 0. The Morgan fingerprint density at radius 2 is 2.20 bits per heavy atom. The number of hydrogen-bond acceptors (Lipinski definition) is 5.